The Balaban J connectivity index is 2.33. The molecular weight excluding hydrogens is 266 g/mol. The average molecular weight is 286 g/mol. The smallest absolute Gasteiger partial charge is 0.221 e. The zero-order valence-corrected chi connectivity index (χ0v) is 11.5. The number of aliphatic hydroxyl groups excluding tert-OH is 1. The van der Waals surface area contributed by atoms with Gasteiger partial charge in [0.25, 0.3) is 0 Å². The van der Waals surface area contributed by atoms with Crippen LogP contribution in [0.25, 0.3) is 0 Å². The molecule has 0 bridgehead atoms. The van der Waals surface area contributed by atoms with E-state index in [0.29, 0.717) is 13.1 Å². The molecule has 0 aliphatic heterocycles. The fraction of sp³-hybridized carbons (Fsp3) is 0.500. The molecule has 1 aromatic rings. The van der Waals surface area contributed by atoms with Crippen molar-refractivity contribution in [1.82, 2.24) is 10.6 Å². The molecule has 0 aliphatic rings. The van der Waals surface area contributed by atoms with Gasteiger partial charge in [0.05, 0.1) is 11.7 Å². The predicted octanol–water partition coefficient (Wildman–Crippen LogP) is 1.50. The normalized spacial score (nSPS) is 12.2. The molecule has 0 heterocycles. The van der Waals surface area contributed by atoms with Crippen molar-refractivity contribution in [2.45, 2.75) is 25.9 Å². The third-order valence-electron chi connectivity index (χ3n) is 2.77. The molecule has 0 fully saturated rings. The molecule has 20 heavy (non-hydrogen) atoms. The van der Waals surface area contributed by atoms with E-state index in [1.54, 1.807) is 0 Å². The highest BCUT2D eigenvalue weighted by Gasteiger charge is 2.17. The van der Waals surface area contributed by atoms with E-state index in [0.717, 1.165) is 18.6 Å². The summed E-state index contributed by atoms with van der Waals surface area (Å²) in [6, 6.07) is 3.44. The molecule has 6 heteroatoms. The number of hydrogen-bond donors (Lipinski definition) is 3. The summed E-state index contributed by atoms with van der Waals surface area (Å²) in [5.74, 6) is -1.65. The molecule has 1 amide bonds. The van der Waals surface area contributed by atoms with Gasteiger partial charge in [0.15, 0.2) is 0 Å². The van der Waals surface area contributed by atoms with Crippen molar-refractivity contribution in [1.29, 1.82) is 0 Å². The Morgan fingerprint density at radius 1 is 1.30 bits per heavy atom. The summed E-state index contributed by atoms with van der Waals surface area (Å²) in [7, 11) is 0. The molecule has 1 unspecified atom stereocenters. The van der Waals surface area contributed by atoms with Crippen LogP contribution in [0.3, 0.4) is 0 Å². The van der Waals surface area contributed by atoms with Gasteiger partial charge in [0.2, 0.25) is 5.91 Å². The molecule has 0 radical (unpaired) electrons. The number of amides is 1. The molecule has 4 nitrogen and oxygen atoms in total. The topological polar surface area (TPSA) is 61.4 Å². The van der Waals surface area contributed by atoms with Crippen LogP contribution < -0.4 is 10.6 Å². The SMILES string of the molecule is CCCNC(=O)CCNCC(O)c1c(F)cccc1F. The quantitative estimate of drug-likeness (QED) is 0.635. The number of carbonyl (C=O) groups excluding carboxylic acids is 1. The van der Waals surface area contributed by atoms with Gasteiger partial charge in [-0.25, -0.2) is 8.78 Å². The highest BCUT2D eigenvalue weighted by Crippen LogP contribution is 2.19. The van der Waals surface area contributed by atoms with E-state index in [1.165, 1.54) is 6.07 Å². The van der Waals surface area contributed by atoms with Crippen molar-refractivity contribution in [3.63, 3.8) is 0 Å². The Labute approximate surface area is 117 Å². The van der Waals surface area contributed by atoms with E-state index < -0.39 is 17.7 Å². The monoisotopic (exact) mass is 286 g/mol. The second kappa shape index (κ2) is 8.60. The van der Waals surface area contributed by atoms with Crippen LogP contribution in [0.5, 0.6) is 0 Å². The Morgan fingerprint density at radius 3 is 2.55 bits per heavy atom. The first kappa shape index (κ1) is 16.5. The summed E-state index contributed by atoms with van der Waals surface area (Å²) in [6.45, 7) is 2.90. The van der Waals surface area contributed by atoms with Crippen LogP contribution >= 0.6 is 0 Å². The fourth-order valence-corrected chi connectivity index (χ4v) is 1.72. The van der Waals surface area contributed by atoms with Gasteiger partial charge in [0, 0.05) is 26.1 Å². The molecule has 1 atom stereocenters. The van der Waals surface area contributed by atoms with Crippen molar-refractivity contribution in [3.8, 4) is 0 Å². The molecule has 0 aliphatic carbocycles. The van der Waals surface area contributed by atoms with E-state index >= 15 is 0 Å². The lowest BCUT2D eigenvalue weighted by Gasteiger charge is -2.13. The highest BCUT2D eigenvalue weighted by atomic mass is 19.1. The van der Waals surface area contributed by atoms with Crippen molar-refractivity contribution in [3.05, 3.63) is 35.4 Å². The molecule has 3 N–H and O–H groups in total. The van der Waals surface area contributed by atoms with E-state index in [1.807, 2.05) is 6.92 Å². The van der Waals surface area contributed by atoms with E-state index in [-0.39, 0.29) is 24.4 Å². The first-order chi connectivity index (χ1) is 9.56. The van der Waals surface area contributed by atoms with Crippen molar-refractivity contribution in [2.75, 3.05) is 19.6 Å². The van der Waals surface area contributed by atoms with Crippen LogP contribution in [0, 0.1) is 11.6 Å². The summed E-state index contributed by atoms with van der Waals surface area (Å²) >= 11 is 0. The standard InChI is InChI=1S/C14H20F2N2O2/c1-2-7-18-13(20)6-8-17-9-12(19)14-10(15)4-3-5-11(14)16/h3-5,12,17,19H,2,6-9H2,1H3,(H,18,20). The van der Waals surface area contributed by atoms with Crippen LogP contribution in [0.2, 0.25) is 0 Å². The molecule has 112 valence electrons. The van der Waals surface area contributed by atoms with Crippen LogP contribution in [-0.2, 0) is 4.79 Å². The third-order valence-corrected chi connectivity index (χ3v) is 2.77. The van der Waals surface area contributed by atoms with Gasteiger partial charge in [-0.2, -0.15) is 0 Å². The third kappa shape index (κ3) is 5.22. The molecule has 0 saturated heterocycles. The van der Waals surface area contributed by atoms with Crippen LogP contribution in [0.1, 0.15) is 31.4 Å². The van der Waals surface area contributed by atoms with E-state index in [4.69, 9.17) is 0 Å². The maximum absolute atomic E-state index is 13.4. The molecule has 1 rings (SSSR count). The average Bonchev–Trinajstić information content (AvgIpc) is 2.41. The maximum Gasteiger partial charge on any atom is 0.221 e. The number of benzene rings is 1. The Kier molecular flexibility index (Phi) is 7.11. The number of carbonyl (C=O) groups is 1. The van der Waals surface area contributed by atoms with Gasteiger partial charge in [-0.1, -0.05) is 13.0 Å². The number of nitrogens with one attached hydrogen (secondary N) is 2. The van der Waals surface area contributed by atoms with Crippen LogP contribution in [-0.4, -0.2) is 30.6 Å². The summed E-state index contributed by atoms with van der Waals surface area (Å²) in [6.07, 6.45) is -0.161. The largest absolute Gasteiger partial charge is 0.387 e. The lowest BCUT2D eigenvalue weighted by molar-refractivity contribution is -0.121. The highest BCUT2D eigenvalue weighted by molar-refractivity contribution is 5.75. The molecule has 0 aromatic heterocycles. The van der Waals surface area contributed by atoms with Gasteiger partial charge < -0.3 is 15.7 Å². The predicted molar refractivity (Wildman–Crippen MR) is 72.1 cm³/mol. The first-order valence-electron chi connectivity index (χ1n) is 6.65. The number of rotatable bonds is 8. The minimum absolute atomic E-state index is 0.0150. The van der Waals surface area contributed by atoms with Crippen LogP contribution in [0.4, 0.5) is 8.78 Å². The minimum Gasteiger partial charge on any atom is -0.387 e. The summed E-state index contributed by atoms with van der Waals surface area (Å²) < 4.78 is 26.8. The maximum atomic E-state index is 13.4. The van der Waals surface area contributed by atoms with E-state index in [2.05, 4.69) is 10.6 Å². The van der Waals surface area contributed by atoms with Gasteiger partial charge in [-0.3, -0.25) is 4.79 Å². The molecular formula is C14H20F2N2O2. The second-order valence-electron chi connectivity index (χ2n) is 4.46. The van der Waals surface area contributed by atoms with E-state index in [9.17, 15) is 18.7 Å². The molecule has 0 saturated carbocycles. The van der Waals surface area contributed by atoms with Crippen LogP contribution in [0.15, 0.2) is 18.2 Å². The zero-order valence-electron chi connectivity index (χ0n) is 11.5. The zero-order chi connectivity index (χ0) is 15.0. The fourth-order valence-electron chi connectivity index (χ4n) is 1.72. The van der Waals surface area contributed by atoms with Crippen molar-refractivity contribution < 1.29 is 18.7 Å². The Morgan fingerprint density at radius 2 is 1.95 bits per heavy atom. The summed E-state index contributed by atoms with van der Waals surface area (Å²) in [4.78, 5) is 11.3. The van der Waals surface area contributed by atoms with Gasteiger partial charge in [0.1, 0.15) is 11.6 Å². The summed E-state index contributed by atoms with van der Waals surface area (Å²) in [5.41, 5.74) is -0.351. The van der Waals surface area contributed by atoms with Gasteiger partial charge in [-0.05, 0) is 18.6 Å². The number of halogens is 2. The van der Waals surface area contributed by atoms with Gasteiger partial charge in [-0.15, -0.1) is 0 Å². The molecule has 1 aromatic carbocycles. The Hall–Kier alpha value is -1.53. The lowest BCUT2D eigenvalue weighted by Crippen LogP contribution is -2.30. The van der Waals surface area contributed by atoms with Crippen molar-refractivity contribution in [2.24, 2.45) is 0 Å². The minimum atomic E-state index is -1.28. The number of hydrogen-bond acceptors (Lipinski definition) is 3. The van der Waals surface area contributed by atoms with Crippen molar-refractivity contribution >= 4 is 5.91 Å². The second-order valence-corrected chi connectivity index (χ2v) is 4.46. The van der Waals surface area contributed by atoms with Gasteiger partial charge >= 0.3 is 0 Å². The number of aliphatic hydroxyl groups is 1. The summed E-state index contributed by atoms with van der Waals surface area (Å²) in [5, 5.41) is 15.3. The Bertz CT molecular complexity index is 421. The molecule has 0 spiro atoms. The first-order valence-corrected chi connectivity index (χ1v) is 6.65. The lowest BCUT2D eigenvalue weighted by atomic mass is 10.1.